The summed E-state index contributed by atoms with van der Waals surface area (Å²) in [6.45, 7) is 7.38. The van der Waals surface area contributed by atoms with Crippen LogP contribution in [0, 0.1) is 0 Å². The van der Waals surface area contributed by atoms with Crippen molar-refractivity contribution in [2.75, 3.05) is 112 Å². The van der Waals surface area contributed by atoms with Crippen molar-refractivity contribution < 1.29 is 57.3 Å². The van der Waals surface area contributed by atoms with Gasteiger partial charge in [-0.3, -0.25) is 4.79 Å². The molecule has 0 aromatic heterocycles. The molecule has 0 saturated carbocycles. The van der Waals surface area contributed by atoms with E-state index in [0.29, 0.717) is 106 Å². The third kappa shape index (κ3) is 28.1. The SMILES string of the molecule is O=C(O)CCOCCOCCOCCOCCOCCOCCOCCOCCNC(=O)O[C@H]1CC/C=C\CCC1. The van der Waals surface area contributed by atoms with E-state index in [2.05, 4.69) is 17.5 Å². The van der Waals surface area contributed by atoms with Gasteiger partial charge in [-0.15, -0.1) is 0 Å². The Morgan fingerprint density at radius 1 is 0.585 bits per heavy atom. The molecular weight excluding hydrogens is 542 g/mol. The normalized spacial score (nSPS) is 16.1. The predicted octanol–water partition coefficient (Wildman–Crippen LogP) is 2.21. The Bertz CT molecular complexity index is 637. The van der Waals surface area contributed by atoms with Crippen LogP contribution in [0.2, 0.25) is 0 Å². The molecule has 1 rings (SSSR count). The van der Waals surface area contributed by atoms with Crippen LogP contribution in [0.4, 0.5) is 4.79 Å². The minimum absolute atomic E-state index is 0.00341. The van der Waals surface area contributed by atoms with Gasteiger partial charge in [0.2, 0.25) is 0 Å². The molecule has 0 fully saturated rings. The number of carbonyl (C=O) groups is 2. The standard InChI is InChI=1S/C28H51NO12/c30-27(31)8-10-33-12-14-35-16-18-37-20-22-39-24-25-40-23-21-38-19-17-36-15-13-34-11-9-29-28(32)41-26-6-4-2-1-3-5-7-26/h1-2,26H,3-25H2,(H,29,32)(H,30,31)/b2-1-/t26-/m0/s1. The second-order valence-electron chi connectivity index (χ2n) is 8.98. The van der Waals surface area contributed by atoms with Crippen molar-refractivity contribution in [2.24, 2.45) is 0 Å². The molecule has 0 spiro atoms. The highest BCUT2D eigenvalue weighted by atomic mass is 16.6. The maximum absolute atomic E-state index is 11.9. The zero-order chi connectivity index (χ0) is 29.5. The highest BCUT2D eigenvalue weighted by Crippen LogP contribution is 2.15. The number of amides is 1. The molecule has 13 nitrogen and oxygen atoms in total. The van der Waals surface area contributed by atoms with Crippen molar-refractivity contribution in [3.05, 3.63) is 12.2 Å². The summed E-state index contributed by atoms with van der Waals surface area (Å²) < 4.78 is 48.5. The molecule has 1 aliphatic carbocycles. The Balaban J connectivity index is 1.68. The first-order valence-corrected chi connectivity index (χ1v) is 14.6. The predicted molar refractivity (Wildman–Crippen MR) is 149 cm³/mol. The van der Waals surface area contributed by atoms with Gasteiger partial charge >= 0.3 is 12.1 Å². The van der Waals surface area contributed by atoms with Gasteiger partial charge in [0.15, 0.2) is 0 Å². The van der Waals surface area contributed by atoms with Gasteiger partial charge in [0, 0.05) is 6.54 Å². The lowest BCUT2D eigenvalue weighted by atomic mass is 10.0. The van der Waals surface area contributed by atoms with Crippen molar-refractivity contribution in [2.45, 2.75) is 44.6 Å². The van der Waals surface area contributed by atoms with Crippen LogP contribution in [0.15, 0.2) is 12.2 Å². The summed E-state index contributed by atoms with van der Waals surface area (Å²) in [5.74, 6) is -0.875. The van der Waals surface area contributed by atoms with Crippen molar-refractivity contribution in [1.82, 2.24) is 5.32 Å². The first-order valence-electron chi connectivity index (χ1n) is 14.6. The third-order valence-electron chi connectivity index (χ3n) is 5.57. The van der Waals surface area contributed by atoms with E-state index in [9.17, 15) is 9.59 Å². The maximum atomic E-state index is 11.9. The quantitative estimate of drug-likeness (QED) is 0.101. The minimum atomic E-state index is -0.875. The zero-order valence-electron chi connectivity index (χ0n) is 24.4. The molecule has 1 aliphatic rings. The number of aliphatic carboxylic acids is 1. The van der Waals surface area contributed by atoms with Gasteiger partial charge in [0.1, 0.15) is 6.10 Å². The van der Waals surface area contributed by atoms with Crippen molar-refractivity contribution in [3.63, 3.8) is 0 Å². The smallest absolute Gasteiger partial charge is 0.407 e. The number of hydrogen-bond acceptors (Lipinski definition) is 11. The average Bonchev–Trinajstić information content (AvgIpc) is 2.94. The van der Waals surface area contributed by atoms with Crippen LogP contribution < -0.4 is 5.32 Å². The summed E-state index contributed by atoms with van der Waals surface area (Å²) in [7, 11) is 0. The molecule has 0 aromatic carbocycles. The van der Waals surface area contributed by atoms with Gasteiger partial charge in [-0.25, -0.2) is 4.79 Å². The lowest BCUT2D eigenvalue weighted by Gasteiger charge is -2.18. The number of nitrogens with one attached hydrogen (secondary N) is 1. The molecule has 13 heteroatoms. The maximum Gasteiger partial charge on any atom is 0.407 e. The number of carboxylic acid groups (broad SMARTS) is 1. The van der Waals surface area contributed by atoms with E-state index < -0.39 is 5.97 Å². The van der Waals surface area contributed by atoms with Crippen LogP contribution >= 0.6 is 0 Å². The van der Waals surface area contributed by atoms with E-state index >= 15 is 0 Å². The first-order chi connectivity index (χ1) is 20.2. The Morgan fingerprint density at radius 3 is 1.46 bits per heavy atom. The fourth-order valence-corrected chi connectivity index (χ4v) is 3.46. The Hall–Kier alpha value is -1.84. The van der Waals surface area contributed by atoms with E-state index in [1.54, 1.807) is 0 Å². The summed E-state index contributed by atoms with van der Waals surface area (Å²) in [5.41, 5.74) is 0. The van der Waals surface area contributed by atoms with Gasteiger partial charge < -0.3 is 53.1 Å². The topological polar surface area (TPSA) is 149 Å². The van der Waals surface area contributed by atoms with E-state index in [-0.39, 0.29) is 25.2 Å². The molecule has 0 aliphatic heterocycles. The van der Waals surface area contributed by atoms with Crippen LogP contribution in [0.5, 0.6) is 0 Å². The van der Waals surface area contributed by atoms with E-state index in [1.807, 2.05) is 0 Å². The Labute approximate surface area is 244 Å². The van der Waals surface area contributed by atoms with E-state index in [4.69, 9.17) is 47.7 Å². The fraction of sp³-hybridized carbons (Fsp3) is 0.857. The molecule has 0 bridgehead atoms. The van der Waals surface area contributed by atoms with E-state index in [0.717, 1.165) is 32.1 Å². The molecule has 0 heterocycles. The van der Waals surface area contributed by atoms with Crippen LogP contribution in [0.25, 0.3) is 0 Å². The van der Waals surface area contributed by atoms with E-state index in [1.165, 1.54) is 0 Å². The lowest BCUT2D eigenvalue weighted by molar-refractivity contribution is -0.138. The largest absolute Gasteiger partial charge is 0.481 e. The van der Waals surface area contributed by atoms with Gasteiger partial charge in [0.05, 0.1) is 112 Å². The molecule has 0 unspecified atom stereocenters. The number of rotatable bonds is 28. The average molecular weight is 594 g/mol. The van der Waals surface area contributed by atoms with Gasteiger partial charge in [-0.05, 0) is 32.1 Å². The summed E-state index contributed by atoms with van der Waals surface area (Å²) in [6, 6.07) is 0. The summed E-state index contributed by atoms with van der Waals surface area (Å²) in [4.78, 5) is 22.2. The molecular formula is C28H51NO12. The molecule has 2 N–H and O–H groups in total. The lowest BCUT2D eigenvalue weighted by Crippen LogP contribution is -2.31. The second kappa shape index (κ2) is 29.6. The molecule has 0 radical (unpaired) electrons. The highest BCUT2D eigenvalue weighted by molar-refractivity contribution is 5.67. The van der Waals surface area contributed by atoms with Gasteiger partial charge in [-0.1, -0.05) is 12.2 Å². The Morgan fingerprint density at radius 2 is 1.00 bits per heavy atom. The Kier molecular flexibility index (Phi) is 26.9. The zero-order valence-corrected chi connectivity index (χ0v) is 24.4. The fourth-order valence-electron chi connectivity index (χ4n) is 3.46. The van der Waals surface area contributed by atoms with Crippen molar-refractivity contribution in [3.8, 4) is 0 Å². The van der Waals surface area contributed by atoms with Crippen molar-refractivity contribution >= 4 is 12.1 Å². The van der Waals surface area contributed by atoms with Crippen LogP contribution in [-0.4, -0.2) is 136 Å². The monoisotopic (exact) mass is 593 g/mol. The molecule has 0 saturated heterocycles. The van der Waals surface area contributed by atoms with Crippen LogP contribution in [-0.2, 0) is 47.4 Å². The number of hydrogen-bond donors (Lipinski definition) is 2. The number of alkyl carbamates (subject to hydrolysis) is 1. The minimum Gasteiger partial charge on any atom is -0.481 e. The number of carboxylic acids is 1. The second-order valence-corrected chi connectivity index (χ2v) is 8.98. The highest BCUT2D eigenvalue weighted by Gasteiger charge is 2.14. The number of ether oxygens (including phenoxy) is 9. The number of allylic oxidation sites excluding steroid dienone is 2. The molecule has 1 amide bonds. The molecule has 41 heavy (non-hydrogen) atoms. The van der Waals surface area contributed by atoms with Crippen LogP contribution in [0.3, 0.4) is 0 Å². The summed E-state index contributed by atoms with van der Waals surface area (Å²) >= 11 is 0. The molecule has 240 valence electrons. The molecule has 1 atom stereocenters. The van der Waals surface area contributed by atoms with Gasteiger partial charge in [-0.2, -0.15) is 0 Å². The summed E-state index contributed by atoms with van der Waals surface area (Å²) in [5, 5.41) is 11.2. The van der Waals surface area contributed by atoms with Crippen molar-refractivity contribution in [1.29, 1.82) is 0 Å². The first kappa shape index (κ1) is 37.2. The van der Waals surface area contributed by atoms with Crippen LogP contribution in [0.1, 0.15) is 38.5 Å². The number of carbonyl (C=O) groups excluding carboxylic acids is 1. The molecule has 0 aromatic rings. The van der Waals surface area contributed by atoms with Gasteiger partial charge in [0.25, 0.3) is 0 Å². The third-order valence-corrected chi connectivity index (χ3v) is 5.57. The summed E-state index contributed by atoms with van der Waals surface area (Å²) in [6.07, 6.45) is 8.78.